The molecular formula is H3ClN2O. The van der Waals surface area contributed by atoms with Crippen LogP contribution in [0.15, 0.2) is 5.29 Å². The highest BCUT2D eigenvalue weighted by Crippen LogP contribution is 1.12. The lowest BCUT2D eigenvalue weighted by Gasteiger charge is -1.33. The van der Waals surface area contributed by atoms with Crippen molar-refractivity contribution >= 4 is 12.4 Å². The fraction of sp³-hybridized carbons (Fsp3) is 0. The third-order valence-corrected chi connectivity index (χ3v) is 0. The molecule has 0 saturated heterocycles. The van der Waals surface area contributed by atoms with E-state index in [1.807, 2.05) is 0 Å². The Morgan fingerprint density at radius 1 is 1.75 bits per heavy atom. The number of nitrogens with two attached hydrogens (primary N) is 1. The molecule has 0 aliphatic heterocycles. The Kier molecular flexibility index (Phi) is 37.7. The van der Waals surface area contributed by atoms with Crippen molar-refractivity contribution in [2.75, 3.05) is 0 Å². The van der Waals surface area contributed by atoms with Gasteiger partial charge in [-0.25, -0.2) is 0 Å². The first kappa shape index (κ1) is 9.35. The van der Waals surface area contributed by atoms with E-state index in [4.69, 9.17) is 4.91 Å². The summed E-state index contributed by atoms with van der Waals surface area (Å²) in [7, 11) is 0. The highest BCUT2D eigenvalue weighted by molar-refractivity contribution is 5.85. The lowest BCUT2D eigenvalue weighted by Crippen LogP contribution is -1.66. The van der Waals surface area contributed by atoms with Gasteiger partial charge in [-0.15, -0.1) is 17.3 Å². The first-order valence-electron chi connectivity index (χ1n) is 0.441. The van der Waals surface area contributed by atoms with Crippen molar-refractivity contribution in [2.24, 2.45) is 11.1 Å². The van der Waals surface area contributed by atoms with E-state index in [9.17, 15) is 0 Å². The van der Waals surface area contributed by atoms with Crippen LogP contribution in [-0.4, -0.2) is 0 Å². The van der Waals surface area contributed by atoms with E-state index in [-0.39, 0.29) is 12.4 Å². The van der Waals surface area contributed by atoms with Gasteiger partial charge in [0.15, 0.2) is 0 Å². The van der Waals surface area contributed by atoms with Gasteiger partial charge in [0, 0.05) is 5.29 Å². The monoisotopic (exact) mass is 82.0 g/mol. The van der Waals surface area contributed by atoms with E-state index in [1.54, 1.807) is 5.29 Å². The Bertz CT molecular complexity index is 13.5. The zero-order valence-corrected chi connectivity index (χ0v) is 2.66. The molecule has 0 amide bonds. The van der Waals surface area contributed by atoms with Crippen molar-refractivity contribution in [2.45, 2.75) is 0 Å². The maximum atomic E-state index is 8.33. The maximum Gasteiger partial charge on any atom is 0.0468 e. The first-order chi connectivity index (χ1) is 1.41. The summed E-state index contributed by atoms with van der Waals surface area (Å²) in [5.41, 5.74) is 0. The highest BCUT2D eigenvalue weighted by Gasteiger charge is 1.14. The van der Waals surface area contributed by atoms with E-state index in [2.05, 4.69) is 5.84 Å². The molecule has 4 heavy (non-hydrogen) atoms. The molecule has 0 aromatic rings. The van der Waals surface area contributed by atoms with E-state index in [0.717, 1.165) is 0 Å². The van der Waals surface area contributed by atoms with Gasteiger partial charge in [-0.3, -0.25) is 5.84 Å². The maximum absolute atomic E-state index is 8.33. The van der Waals surface area contributed by atoms with E-state index < -0.39 is 0 Å². The zero-order valence-electron chi connectivity index (χ0n) is 1.84. The van der Waals surface area contributed by atoms with Crippen LogP contribution in [0.2, 0.25) is 0 Å². The molecule has 0 aliphatic carbocycles. The van der Waals surface area contributed by atoms with E-state index >= 15 is 0 Å². The number of hydrogen-bond donors (Lipinski definition) is 1. The summed E-state index contributed by atoms with van der Waals surface area (Å²) < 4.78 is 0. The molecule has 0 radical (unpaired) electrons. The predicted molar refractivity (Wildman–Crippen MR) is 17.2 cm³/mol. The van der Waals surface area contributed by atoms with Gasteiger partial charge < -0.3 is 0 Å². The Hall–Kier alpha value is -0.310. The third-order valence-electron chi connectivity index (χ3n) is 0. The van der Waals surface area contributed by atoms with Gasteiger partial charge in [-0.05, 0) is 0 Å². The van der Waals surface area contributed by atoms with Crippen molar-refractivity contribution in [1.82, 2.24) is 0 Å². The first-order valence-corrected chi connectivity index (χ1v) is 0.441. The summed E-state index contributed by atoms with van der Waals surface area (Å²) in [6.45, 7) is 0. The molecule has 0 unspecified atom stereocenters. The Labute approximate surface area is 29.5 Å². The number of halogens is 1. The van der Waals surface area contributed by atoms with Gasteiger partial charge in [0.1, 0.15) is 0 Å². The SMILES string of the molecule is Cl.NN=O. The predicted octanol–water partition coefficient (Wildman–Crippen LogP) is 0.0483. The molecule has 26 valence electrons. The summed E-state index contributed by atoms with van der Waals surface area (Å²) in [4.78, 5) is 8.33. The van der Waals surface area contributed by atoms with Crippen LogP contribution in [0, 0.1) is 4.91 Å². The Balaban J connectivity index is 0. The second-order valence-corrected chi connectivity index (χ2v) is 0.105. The number of hydrogen-bond acceptors (Lipinski definition) is 2. The van der Waals surface area contributed by atoms with Crippen molar-refractivity contribution in [3.05, 3.63) is 4.91 Å². The van der Waals surface area contributed by atoms with Crippen LogP contribution < -0.4 is 5.84 Å². The summed E-state index contributed by atoms with van der Waals surface area (Å²) in [5.74, 6) is 3.92. The van der Waals surface area contributed by atoms with Crippen LogP contribution in [0.3, 0.4) is 0 Å². The highest BCUT2D eigenvalue weighted by atomic mass is 35.5. The van der Waals surface area contributed by atoms with E-state index in [1.165, 1.54) is 0 Å². The van der Waals surface area contributed by atoms with Gasteiger partial charge in [-0.2, -0.15) is 0 Å². The summed E-state index contributed by atoms with van der Waals surface area (Å²) in [5, 5.41) is 1.75. The number of rotatable bonds is 0. The van der Waals surface area contributed by atoms with Crippen molar-refractivity contribution < 1.29 is 0 Å². The van der Waals surface area contributed by atoms with Gasteiger partial charge in [0.2, 0.25) is 0 Å². The van der Waals surface area contributed by atoms with Crippen LogP contribution in [-0.2, 0) is 0 Å². The van der Waals surface area contributed by atoms with Gasteiger partial charge in [0.05, 0.1) is 0 Å². The van der Waals surface area contributed by atoms with Gasteiger partial charge >= 0.3 is 0 Å². The normalized spacial score (nSPS) is 3.00. The van der Waals surface area contributed by atoms with Crippen molar-refractivity contribution in [1.29, 1.82) is 0 Å². The molecule has 0 rings (SSSR count). The van der Waals surface area contributed by atoms with Crippen molar-refractivity contribution in [3.63, 3.8) is 0 Å². The zero-order chi connectivity index (χ0) is 2.71. The van der Waals surface area contributed by atoms with Crippen LogP contribution in [0.4, 0.5) is 0 Å². The molecule has 3 nitrogen and oxygen atoms in total. The Morgan fingerprint density at radius 2 is 1.75 bits per heavy atom. The average Bonchev–Trinajstić information content (AvgIpc) is 0.918. The van der Waals surface area contributed by atoms with Crippen LogP contribution in [0.25, 0.3) is 0 Å². The van der Waals surface area contributed by atoms with Crippen LogP contribution in [0.5, 0.6) is 0 Å². The fourth-order valence-corrected chi connectivity index (χ4v) is 0. The van der Waals surface area contributed by atoms with Gasteiger partial charge in [-0.1, -0.05) is 0 Å². The smallest absolute Gasteiger partial charge is 0.0468 e. The molecule has 2 N–H and O–H groups in total. The fourth-order valence-electron chi connectivity index (χ4n) is 0. The molecule has 0 spiro atoms. The summed E-state index contributed by atoms with van der Waals surface area (Å²) in [6.07, 6.45) is 0. The number of nitroso groups, excluding NO2 is 1. The molecule has 0 atom stereocenters. The molecule has 0 fully saturated rings. The van der Waals surface area contributed by atoms with Crippen LogP contribution >= 0.6 is 12.4 Å². The molecule has 0 heterocycles. The molecular weight excluding hydrogens is 79.5 g/mol. The molecule has 0 saturated carbocycles. The average molecular weight is 82.5 g/mol. The molecule has 0 bridgehead atoms. The topological polar surface area (TPSA) is 55.4 Å². The minimum absolute atomic E-state index is 0. The van der Waals surface area contributed by atoms with Crippen molar-refractivity contribution in [3.8, 4) is 0 Å². The van der Waals surface area contributed by atoms with Crippen LogP contribution in [0.1, 0.15) is 0 Å². The molecule has 4 heteroatoms. The minimum atomic E-state index is 0. The Morgan fingerprint density at radius 3 is 1.75 bits per heavy atom. The summed E-state index contributed by atoms with van der Waals surface area (Å²) in [6, 6.07) is 0. The van der Waals surface area contributed by atoms with Gasteiger partial charge in [0.25, 0.3) is 0 Å². The minimum Gasteiger partial charge on any atom is -0.287 e. The summed E-state index contributed by atoms with van der Waals surface area (Å²) >= 11 is 0. The standard InChI is InChI=1S/ClH.H2N2O/c;1-2-3/h1H;(H2,1,3). The number of nitrogens with zero attached hydrogens (tertiary/aromatic N) is 1. The molecule has 0 aromatic carbocycles. The second-order valence-electron chi connectivity index (χ2n) is 0.105. The second kappa shape index (κ2) is 16.1. The third kappa shape index (κ3) is 8.37. The largest absolute Gasteiger partial charge is 0.287 e. The molecule has 0 aromatic heterocycles. The lowest BCUT2D eigenvalue weighted by atomic mass is 12.9. The quantitative estimate of drug-likeness (QED) is 0.255. The molecule has 0 aliphatic rings. The lowest BCUT2D eigenvalue weighted by molar-refractivity contribution is 1.23. The van der Waals surface area contributed by atoms with E-state index in [0.29, 0.717) is 0 Å².